The van der Waals surface area contributed by atoms with Crippen LogP contribution in [0.3, 0.4) is 0 Å². The van der Waals surface area contributed by atoms with E-state index in [4.69, 9.17) is 4.74 Å². The lowest BCUT2D eigenvalue weighted by Gasteiger charge is -2.32. The van der Waals surface area contributed by atoms with E-state index in [1.807, 2.05) is 6.07 Å². The summed E-state index contributed by atoms with van der Waals surface area (Å²) in [6, 6.07) is 13.1. The van der Waals surface area contributed by atoms with Gasteiger partial charge in [0.05, 0.1) is 7.11 Å². The van der Waals surface area contributed by atoms with Crippen LogP contribution in [0.1, 0.15) is 18.4 Å². The normalized spacial score (nSPS) is 18.6. The number of nitrogens with zero attached hydrogens (tertiary/aromatic N) is 1. The average molecular weight is 335 g/mol. The zero-order valence-corrected chi connectivity index (χ0v) is 14.9. The number of benzene rings is 2. The Labute approximate surface area is 145 Å². The second-order valence-electron chi connectivity index (χ2n) is 6.35. The van der Waals surface area contributed by atoms with E-state index in [-0.39, 0.29) is 12.4 Å². The molecule has 1 unspecified atom stereocenters. The van der Waals surface area contributed by atoms with Crippen molar-refractivity contribution in [1.29, 1.82) is 0 Å². The van der Waals surface area contributed by atoms with E-state index in [2.05, 4.69) is 47.6 Å². The number of ether oxygens (including phenoxy) is 1. The third-order valence-electron chi connectivity index (χ3n) is 4.61. The molecule has 2 aromatic rings. The highest BCUT2D eigenvalue weighted by molar-refractivity contribution is 5.85. The number of hydrogen-bond donors (Lipinski definition) is 1. The van der Waals surface area contributed by atoms with Crippen molar-refractivity contribution in [3.8, 4) is 5.75 Å². The van der Waals surface area contributed by atoms with Gasteiger partial charge in [-0.15, -0.1) is 12.4 Å². The lowest BCUT2D eigenvalue weighted by atomic mass is 9.97. The Bertz CT molecular complexity index is 630. The minimum atomic E-state index is 0. The van der Waals surface area contributed by atoms with Crippen molar-refractivity contribution in [3.05, 3.63) is 42.0 Å². The van der Waals surface area contributed by atoms with Crippen molar-refractivity contribution in [2.24, 2.45) is 5.92 Å². The standard InChI is InChI=1S/C19H26N2O.ClH/c1-20-12-16-4-3-9-21(14-16)13-15-5-6-18-11-19(22-2)8-7-17(18)10-15;/h5-8,10-11,16,20H,3-4,9,12-14H2,1-2H3;1H. The van der Waals surface area contributed by atoms with Crippen molar-refractivity contribution >= 4 is 23.2 Å². The quantitative estimate of drug-likeness (QED) is 0.902. The van der Waals surface area contributed by atoms with E-state index in [1.54, 1.807) is 7.11 Å². The van der Waals surface area contributed by atoms with Crippen molar-refractivity contribution < 1.29 is 4.74 Å². The Morgan fingerprint density at radius 3 is 2.74 bits per heavy atom. The summed E-state index contributed by atoms with van der Waals surface area (Å²) in [5, 5.41) is 5.86. The van der Waals surface area contributed by atoms with E-state index in [1.165, 1.54) is 42.3 Å². The molecular formula is C19H27ClN2O. The second kappa shape index (κ2) is 8.53. The predicted octanol–water partition coefficient (Wildman–Crippen LogP) is 3.70. The summed E-state index contributed by atoms with van der Waals surface area (Å²) in [6.45, 7) is 4.62. The number of rotatable bonds is 5. The maximum atomic E-state index is 5.29. The maximum Gasteiger partial charge on any atom is 0.119 e. The molecule has 1 saturated heterocycles. The third kappa shape index (κ3) is 4.60. The molecule has 3 nitrogen and oxygen atoms in total. The second-order valence-corrected chi connectivity index (χ2v) is 6.35. The molecule has 1 heterocycles. The summed E-state index contributed by atoms with van der Waals surface area (Å²) in [7, 11) is 3.77. The van der Waals surface area contributed by atoms with E-state index < -0.39 is 0 Å². The van der Waals surface area contributed by atoms with Crippen LogP contribution >= 0.6 is 12.4 Å². The van der Waals surface area contributed by atoms with Crippen LogP contribution in [0, 0.1) is 5.92 Å². The molecule has 1 aliphatic heterocycles. The summed E-state index contributed by atoms with van der Waals surface area (Å²) in [6.07, 6.45) is 2.67. The van der Waals surface area contributed by atoms with Gasteiger partial charge in [0.15, 0.2) is 0 Å². The van der Waals surface area contributed by atoms with Gasteiger partial charge in [-0.2, -0.15) is 0 Å². The molecule has 2 aromatic carbocycles. The molecule has 0 spiro atoms. The van der Waals surface area contributed by atoms with Gasteiger partial charge < -0.3 is 10.1 Å². The highest BCUT2D eigenvalue weighted by Gasteiger charge is 2.19. The third-order valence-corrected chi connectivity index (χ3v) is 4.61. The van der Waals surface area contributed by atoms with Crippen LogP contribution in [0.2, 0.25) is 0 Å². The molecule has 23 heavy (non-hydrogen) atoms. The van der Waals surface area contributed by atoms with Gasteiger partial charge in [0, 0.05) is 13.1 Å². The molecular weight excluding hydrogens is 308 g/mol. The lowest BCUT2D eigenvalue weighted by molar-refractivity contribution is 0.167. The van der Waals surface area contributed by atoms with Gasteiger partial charge in [0.25, 0.3) is 0 Å². The van der Waals surface area contributed by atoms with Gasteiger partial charge in [-0.1, -0.05) is 18.2 Å². The number of hydrogen-bond acceptors (Lipinski definition) is 3. The van der Waals surface area contributed by atoms with Crippen LogP contribution in [0.25, 0.3) is 10.8 Å². The smallest absolute Gasteiger partial charge is 0.119 e. The highest BCUT2D eigenvalue weighted by Crippen LogP contribution is 2.23. The maximum absolute atomic E-state index is 5.29. The minimum Gasteiger partial charge on any atom is -0.497 e. The largest absolute Gasteiger partial charge is 0.497 e. The Morgan fingerprint density at radius 1 is 1.17 bits per heavy atom. The number of nitrogens with one attached hydrogen (secondary N) is 1. The predicted molar refractivity (Wildman–Crippen MR) is 99.7 cm³/mol. The minimum absolute atomic E-state index is 0. The molecule has 126 valence electrons. The Morgan fingerprint density at radius 2 is 1.96 bits per heavy atom. The first kappa shape index (κ1) is 18.1. The molecule has 4 heteroatoms. The lowest BCUT2D eigenvalue weighted by Crippen LogP contribution is -2.38. The van der Waals surface area contributed by atoms with E-state index in [9.17, 15) is 0 Å². The monoisotopic (exact) mass is 334 g/mol. The van der Waals surface area contributed by atoms with Crippen molar-refractivity contribution in [1.82, 2.24) is 10.2 Å². The average Bonchev–Trinajstić information content (AvgIpc) is 2.55. The Hall–Kier alpha value is -1.29. The summed E-state index contributed by atoms with van der Waals surface area (Å²) >= 11 is 0. The number of halogens is 1. The van der Waals surface area contributed by atoms with Crippen molar-refractivity contribution in [2.45, 2.75) is 19.4 Å². The first-order chi connectivity index (χ1) is 10.8. The van der Waals surface area contributed by atoms with Crippen molar-refractivity contribution in [3.63, 3.8) is 0 Å². The van der Waals surface area contributed by atoms with E-state index >= 15 is 0 Å². The van der Waals surface area contributed by atoms with E-state index in [0.29, 0.717) is 0 Å². The molecule has 0 aliphatic carbocycles. The van der Waals surface area contributed by atoms with Crippen LogP contribution in [-0.4, -0.2) is 38.7 Å². The Kier molecular flexibility index (Phi) is 6.70. The van der Waals surface area contributed by atoms with Crippen LogP contribution in [0.4, 0.5) is 0 Å². The van der Waals surface area contributed by atoms with Gasteiger partial charge in [-0.05, 0) is 73.4 Å². The summed E-state index contributed by atoms with van der Waals surface area (Å²) in [5.41, 5.74) is 1.41. The molecule has 1 N–H and O–H groups in total. The van der Waals surface area contributed by atoms with Crippen LogP contribution < -0.4 is 10.1 Å². The fourth-order valence-electron chi connectivity index (χ4n) is 3.51. The van der Waals surface area contributed by atoms with Gasteiger partial charge in [0.2, 0.25) is 0 Å². The van der Waals surface area contributed by atoms with E-state index in [0.717, 1.165) is 24.8 Å². The molecule has 0 amide bonds. The zero-order chi connectivity index (χ0) is 15.4. The molecule has 0 saturated carbocycles. The summed E-state index contributed by atoms with van der Waals surface area (Å²) < 4.78 is 5.29. The topological polar surface area (TPSA) is 24.5 Å². The number of piperidine rings is 1. The molecule has 1 atom stereocenters. The number of methoxy groups -OCH3 is 1. The van der Waals surface area contributed by atoms with Crippen molar-refractivity contribution in [2.75, 3.05) is 33.8 Å². The molecule has 0 bridgehead atoms. The van der Waals surface area contributed by atoms with Gasteiger partial charge in [-0.3, -0.25) is 4.90 Å². The fraction of sp³-hybridized carbons (Fsp3) is 0.474. The molecule has 1 aliphatic rings. The van der Waals surface area contributed by atoms with Gasteiger partial charge >= 0.3 is 0 Å². The Balaban J connectivity index is 0.00000192. The van der Waals surface area contributed by atoms with Gasteiger partial charge in [-0.25, -0.2) is 0 Å². The molecule has 1 fully saturated rings. The number of fused-ring (bicyclic) bond motifs is 1. The zero-order valence-electron chi connectivity index (χ0n) is 14.0. The molecule has 0 radical (unpaired) electrons. The van der Waals surface area contributed by atoms with Crippen LogP contribution in [0.15, 0.2) is 36.4 Å². The summed E-state index contributed by atoms with van der Waals surface area (Å²) in [4.78, 5) is 2.59. The van der Waals surface area contributed by atoms with Crippen LogP contribution in [-0.2, 0) is 6.54 Å². The first-order valence-electron chi connectivity index (χ1n) is 8.22. The fourth-order valence-corrected chi connectivity index (χ4v) is 3.51. The molecule has 0 aromatic heterocycles. The molecule has 3 rings (SSSR count). The first-order valence-corrected chi connectivity index (χ1v) is 8.22. The van der Waals surface area contributed by atoms with Gasteiger partial charge in [0.1, 0.15) is 5.75 Å². The van der Waals surface area contributed by atoms with Crippen LogP contribution in [0.5, 0.6) is 5.75 Å². The number of likely N-dealkylation sites (tertiary alicyclic amines) is 1. The summed E-state index contributed by atoms with van der Waals surface area (Å²) in [5.74, 6) is 1.72. The highest BCUT2D eigenvalue weighted by atomic mass is 35.5. The SMILES string of the molecule is CNCC1CCCN(Cc2ccc3cc(OC)ccc3c2)C1.Cl.